The number of anilines is 2. The zero-order chi connectivity index (χ0) is 19.4. The van der Waals surface area contributed by atoms with Crippen molar-refractivity contribution in [2.75, 3.05) is 25.1 Å². The van der Waals surface area contributed by atoms with Crippen LogP contribution in [-0.2, 0) is 11.3 Å². The van der Waals surface area contributed by atoms with Crippen LogP contribution in [0.1, 0.15) is 55.5 Å². The smallest absolute Gasteiger partial charge is 0.257 e. The fourth-order valence-corrected chi connectivity index (χ4v) is 4.37. The van der Waals surface area contributed by atoms with E-state index in [-0.39, 0.29) is 0 Å². The molecule has 1 N–H and O–H groups in total. The van der Waals surface area contributed by atoms with Gasteiger partial charge in [0.25, 0.3) is 5.88 Å². The number of aromatic nitrogens is 6. The van der Waals surface area contributed by atoms with Gasteiger partial charge in [0.05, 0.1) is 29.4 Å². The Morgan fingerprint density at radius 1 is 1.10 bits per heavy atom. The second-order valence-electron chi connectivity index (χ2n) is 8.19. The van der Waals surface area contributed by atoms with E-state index >= 15 is 0 Å². The van der Waals surface area contributed by atoms with Crippen molar-refractivity contribution >= 4 is 22.7 Å². The maximum atomic E-state index is 6.09. The lowest BCUT2D eigenvalue weighted by molar-refractivity contribution is 0.0652. The summed E-state index contributed by atoms with van der Waals surface area (Å²) in [6, 6.07) is 0.334. The lowest BCUT2D eigenvalue weighted by Crippen LogP contribution is -2.21. The predicted octanol–water partition coefficient (Wildman–Crippen LogP) is 3.09. The van der Waals surface area contributed by atoms with Crippen molar-refractivity contribution < 1.29 is 9.47 Å². The highest BCUT2D eigenvalue weighted by molar-refractivity contribution is 5.80. The maximum Gasteiger partial charge on any atom is 0.257 e. The van der Waals surface area contributed by atoms with Crippen LogP contribution in [-0.4, -0.2) is 49.3 Å². The summed E-state index contributed by atoms with van der Waals surface area (Å²) >= 11 is 0. The Kier molecular flexibility index (Phi) is 3.97. The van der Waals surface area contributed by atoms with Crippen LogP contribution in [0.2, 0.25) is 0 Å². The van der Waals surface area contributed by atoms with E-state index in [2.05, 4.69) is 21.9 Å². The standard InChI is InChI=1S/C20H25N7O2/c1-12-16-19(25-27(12)14-5-9-28-10-6-14)29-8-2-7-26-18-15(11-21-20(22-16)23-18)17(24-26)13-3-4-13/h11,13-14H,2-10H2,1H3,(H,21,22,23). The van der Waals surface area contributed by atoms with Gasteiger partial charge in [-0.3, -0.25) is 4.68 Å². The molecule has 2 fully saturated rings. The minimum Gasteiger partial charge on any atom is -0.475 e. The summed E-state index contributed by atoms with van der Waals surface area (Å²) in [5.41, 5.74) is 3.95. The largest absolute Gasteiger partial charge is 0.475 e. The third kappa shape index (κ3) is 2.95. The molecule has 3 aliphatic rings. The second-order valence-corrected chi connectivity index (χ2v) is 8.19. The van der Waals surface area contributed by atoms with Crippen LogP contribution >= 0.6 is 0 Å². The van der Waals surface area contributed by atoms with Gasteiger partial charge in [0, 0.05) is 38.3 Å². The SMILES string of the molecule is Cc1c2c(nn1C1CCOCC1)OCCCn1nc(C3CC3)c3cnc(nc31)N2. The second kappa shape index (κ2) is 6.69. The molecule has 1 saturated heterocycles. The number of nitrogens with one attached hydrogen (secondary N) is 1. The van der Waals surface area contributed by atoms with Crippen LogP contribution in [0, 0.1) is 6.92 Å². The molecule has 29 heavy (non-hydrogen) atoms. The van der Waals surface area contributed by atoms with Crippen LogP contribution in [0.3, 0.4) is 0 Å². The summed E-state index contributed by atoms with van der Waals surface area (Å²) in [6.07, 6.45) is 7.12. The van der Waals surface area contributed by atoms with Crippen LogP contribution in [0.15, 0.2) is 6.20 Å². The van der Waals surface area contributed by atoms with Crippen LogP contribution in [0.4, 0.5) is 11.6 Å². The molecule has 3 aromatic rings. The summed E-state index contributed by atoms with van der Waals surface area (Å²) in [5.74, 6) is 1.75. The van der Waals surface area contributed by atoms with Crippen molar-refractivity contribution in [1.29, 1.82) is 0 Å². The summed E-state index contributed by atoms with van der Waals surface area (Å²) in [7, 11) is 0. The summed E-state index contributed by atoms with van der Waals surface area (Å²) in [5, 5.41) is 14.1. The van der Waals surface area contributed by atoms with Gasteiger partial charge >= 0.3 is 0 Å². The number of nitrogens with zero attached hydrogens (tertiary/aromatic N) is 6. The summed E-state index contributed by atoms with van der Waals surface area (Å²) < 4.78 is 15.7. The fraction of sp³-hybridized carbons (Fsp3) is 0.600. The molecule has 5 heterocycles. The number of hydrogen-bond acceptors (Lipinski definition) is 7. The molecule has 0 radical (unpaired) electrons. The number of hydrogen-bond donors (Lipinski definition) is 1. The first kappa shape index (κ1) is 17.2. The molecule has 0 spiro atoms. The summed E-state index contributed by atoms with van der Waals surface area (Å²) in [6.45, 7) is 4.98. The number of rotatable bonds is 2. The van der Waals surface area contributed by atoms with Gasteiger partial charge in [-0.1, -0.05) is 0 Å². The van der Waals surface area contributed by atoms with E-state index in [1.54, 1.807) is 0 Å². The van der Waals surface area contributed by atoms with Crippen LogP contribution in [0.5, 0.6) is 5.88 Å². The molecule has 9 nitrogen and oxygen atoms in total. The maximum absolute atomic E-state index is 6.09. The van der Waals surface area contributed by atoms with Gasteiger partial charge in [-0.25, -0.2) is 9.67 Å². The summed E-state index contributed by atoms with van der Waals surface area (Å²) in [4.78, 5) is 9.41. The molecule has 1 saturated carbocycles. The third-order valence-corrected chi connectivity index (χ3v) is 6.13. The van der Waals surface area contributed by atoms with E-state index in [1.807, 2.05) is 10.9 Å². The van der Waals surface area contributed by atoms with Crippen molar-refractivity contribution in [2.24, 2.45) is 0 Å². The van der Waals surface area contributed by atoms with Crippen molar-refractivity contribution in [2.45, 2.75) is 57.5 Å². The van der Waals surface area contributed by atoms with Gasteiger partial charge in [-0.2, -0.15) is 10.1 Å². The highest BCUT2D eigenvalue weighted by Crippen LogP contribution is 2.42. The molecular formula is C20H25N7O2. The molecule has 1 aliphatic carbocycles. The highest BCUT2D eigenvalue weighted by Gasteiger charge is 2.30. The molecule has 0 aromatic carbocycles. The first-order chi connectivity index (χ1) is 14.3. The minimum absolute atomic E-state index is 0.334. The first-order valence-electron chi connectivity index (χ1n) is 10.6. The predicted molar refractivity (Wildman–Crippen MR) is 107 cm³/mol. The lowest BCUT2D eigenvalue weighted by Gasteiger charge is -2.23. The van der Waals surface area contributed by atoms with Gasteiger partial charge in [0.1, 0.15) is 5.69 Å². The van der Waals surface area contributed by atoms with Crippen LogP contribution in [0.25, 0.3) is 11.0 Å². The quantitative estimate of drug-likeness (QED) is 0.713. The Balaban J connectivity index is 1.41. The van der Waals surface area contributed by atoms with Gasteiger partial charge in [0.15, 0.2) is 5.65 Å². The molecular weight excluding hydrogens is 370 g/mol. The van der Waals surface area contributed by atoms with E-state index < -0.39 is 0 Å². The van der Waals surface area contributed by atoms with E-state index in [1.165, 1.54) is 12.8 Å². The van der Waals surface area contributed by atoms with Gasteiger partial charge in [-0.15, -0.1) is 5.10 Å². The van der Waals surface area contributed by atoms with Gasteiger partial charge < -0.3 is 14.8 Å². The third-order valence-electron chi connectivity index (χ3n) is 6.13. The Labute approximate surface area is 168 Å². The van der Waals surface area contributed by atoms with Gasteiger partial charge in [-0.05, 0) is 32.6 Å². The van der Waals surface area contributed by atoms with Crippen molar-refractivity contribution in [3.05, 3.63) is 17.6 Å². The zero-order valence-corrected chi connectivity index (χ0v) is 16.6. The molecule has 3 aromatic heterocycles. The van der Waals surface area contributed by atoms with Crippen molar-refractivity contribution in [1.82, 2.24) is 29.5 Å². The normalized spacial score (nSPS) is 20.2. The van der Waals surface area contributed by atoms with Crippen LogP contribution < -0.4 is 10.1 Å². The van der Waals surface area contributed by atoms with E-state index in [0.717, 1.165) is 67.1 Å². The molecule has 2 bridgehead atoms. The Morgan fingerprint density at radius 3 is 2.79 bits per heavy atom. The molecule has 9 heteroatoms. The molecule has 0 atom stereocenters. The first-order valence-corrected chi connectivity index (χ1v) is 10.6. The Hall–Kier alpha value is -2.68. The monoisotopic (exact) mass is 395 g/mol. The molecule has 2 aliphatic heterocycles. The van der Waals surface area contributed by atoms with Gasteiger partial charge in [0.2, 0.25) is 5.95 Å². The lowest BCUT2D eigenvalue weighted by atomic mass is 10.1. The van der Waals surface area contributed by atoms with E-state index in [4.69, 9.17) is 24.7 Å². The fourth-order valence-electron chi connectivity index (χ4n) is 4.37. The van der Waals surface area contributed by atoms with E-state index in [0.29, 0.717) is 30.4 Å². The topological polar surface area (TPSA) is 91.9 Å². The average Bonchev–Trinajstić information content (AvgIpc) is 3.47. The minimum atomic E-state index is 0.334. The average molecular weight is 395 g/mol. The number of aryl methyl sites for hydroxylation is 1. The molecule has 0 amide bonds. The van der Waals surface area contributed by atoms with E-state index in [9.17, 15) is 0 Å². The zero-order valence-electron chi connectivity index (χ0n) is 16.6. The number of fused-ring (bicyclic) bond motifs is 2. The molecule has 152 valence electrons. The Morgan fingerprint density at radius 2 is 1.97 bits per heavy atom. The molecule has 0 unspecified atom stereocenters. The highest BCUT2D eigenvalue weighted by atomic mass is 16.5. The molecule has 6 rings (SSSR count). The van der Waals surface area contributed by atoms with Crippen molar-refractivity contribution in [3.63, 3.8) is 0 Å². The Bertz CT molecular complexity index is 1060. The van der Waals surface area contributed by atoms with Crippen molar-refractivity contribution in [3.8, 4) is 5.88 Å². The number of ether oxygens (including phenoxy) is 2.